The summed E-state index contributed by atoms with van der Waals surface area (Å²) in [6.07, 6.45) is -22.4. The van der Waals surface area contributed by atoms with Crippen molar-refractivity contribution in [3.05, 3.63) is 0 Å². The number of hydrogen-bond acceptors (Lipinski definition) is 8. The van der Waals surface area contributed by atoms with Crippen molar-refractivity contribution in [3.63, 3.8) is 0 Å². The van der Waals surface area contributed by atoms with Crippen LogP contribution in [0.1, 0.15) is 59.3 Å². The minimum Gasteiger partial charge on any atom is -0.458 e. The van der Waals surface area contributed by atoms with Gasteiger partial charge in [-0.3, -0.25) is 4.79 Å². The molecule has 38 heavy (non-hydrogen) atoms. The normalized spacial score (nSPS) is 32.9. The summed E-state index contributed by atoms with van der Waals surface area (Å²) in [4.78, 5) is 48.0. The lowest BCUT2D eigenvalue weighted by Crippen LogP contribution is -2.75. The highest BCUT2D eigenvalue weighted by Gasteiger charge is 2.76. The van der Waals surface area contributed by atoms with Crippen LogP contribution in [0.3, 0.4) is 0 Å². The van der Waals surface area contributed by atoms with Crippen LogP contribution in [0.5, 0.6) is 0 Å². The molecule has 0 aromatic carbocycles. The number of carbonyl (C=O) groups excluding carboxylic acids is 4. The number of ether oxygens (including phenoxy) is 4. The fraction of sp³-hybridized carbons (Fsp3) is 0.810. The summed E-state index contributed by atoms with van der Waals surface area (Å²) < 4.78 is 137. The van der Waals surface area contributed by atoms with Gasteiger partial charge in [0.1, 0.15) is 22.4 Å². The van der Waals surface area contributed by atoms with Crippen molar-refractivity contribution >= 4 is 23.9 Å². The molecule has 0 amide bonds. The molecule has 0 aliphatic heterocycles. The second-order valence-corrected chi connectivity index (χ2v) is 11.1. The monoisotopic (exact) mass is 572 g/mol. The summed E-state index contributed by atoms with van der Waals surface area (Å²) in [5, 5.41) is 0. The standard InChI is InChI=1S/C21H21F9O8/c1-14(2,3)10(31)35-15-4-16(36-11(32)19(22,23)24)7-17(5-15,37-12(33)20(25,26)27)9-18(6-15,8-16)38-13(34)21(28,29)30/h4-9H2,1-3H3. The van der Waals surface area contributed by atoms with Crippen molar-refractivity contribution in [2.24, 2.45) is 5.41 Å². The van der Waals surface area contributed by atoms with Gasteiger partial charge in [-0.05, 0) is 20.8 Å². The molecule has 4 bridgehead atoms. The Kier molecular flexibility index (Phi) is 6.57. The zero-order chi connectivity index (χ0) is 29.4. The summed E-state index contributed by atoms with van der Waals surface area (Å²) >= 11 is 0. The molecule has 4 rings (SSSR count). The maximum absolute atomic E-state index is 13.1. The molecular weight excluding hydrogens is 551 g/mol. The quantitative estimate of drug-likeness (QED) is 0.280. The van der Waals surface area contributed by atoms with E-state index in [9.17, 15) is 58.7 Å². The van der Waals surface area contributed by atoms with Crippen LogP contribution in [0.4, 0.5) is 39.5 Å². The van der Waals surface area contributed by atoms with Gasteiger partial charge in [-0.1, -0.05) is 0 Å². The molecule has 0 aromatic heterocycles. The van der Waals surface area contributed by atoms with Crippen LogP contribution in [0.15, 0.2) is 0 Å². The van der Waals surface area contributed by atoms with Crippen LogP contribution in [-0.2, 0) is 38.1 Å². The van der Waals surface area contributed by atoms with Gasteiger partial charge in [0, 0.05) is 38.5 Å². The highest BCUT2D eigenvalue weighted by molar-refractivity contribution is 5.79. The first kappa shape index (κ1) is 29.8. The number of halogens is 9. The molecule has 4 fully saturated rings. The molecule has 4 saturated carbocycles. The van der Waals surface area contributed by atoms with E-state index in [-0.39, 0.29) is 0 Å². The molecule has 17 heteroatoms. The number of esters is 4. The van der Waals surface area contributed by atoms with Crippen molar-refractivity contribution in [2.75, 3.05) is 0 Å². The smallest absolute Gasteiger partial charge is 0.458 e. The van der Waals surface area contributed by atoms with Gasteiger partial charge in [0.25, 0.3) is 0 Å². The van der Waals surface area contributed by atoms with Crippen molar-refractivity contribution in [2.45, 2.75) is 100 Å². The Hall–Kier alpha value is -2.75. The van der Waals surface area contributed by atoms with E-state index in [1.165, 1.54) is 20.8 Å². The van der Waals surface area contributed by atoms with Gasteiger partial charge in [-0.15, -0.1) is 0 Å². The third kappa shape index (κ3) is 5.80. The average Bonchev–Trinajstić information content (AvgIpc) is 2.62. The van der Waals surface area contributed by atoms with Crippen LogP contribution in [-0.4, -0.2) is 64.8 Å². The molecule has 0 atom stereocenters. The summed E-state index contributed by atoms with van der Waals surface area (Å²) in [6, 6.07) is 0. The van der Waals surface area contributed by atoms with Crippen LogP contribution in [0.25, 0.3) is 0 Å². The number of hydrogen-bond donors (Lipinski definition) is 0. The number of rotatable bonds is 4. The van der Waals surface area contributed by atoms with Gasteiger partial charge in [0.15, 0.2) is 0 Å². The van der Waals surface area contributed by atoms with Crippen molar-refractivity contribution in [1.82, 2.24) is 0 Å². The zero-order valence-corrected chi connectivity index (χ0v) is 19.9. The van der Waals surface area contributed by atoms with E-state index in [0.717, 1.165) is 0 Å². The molecule has 8 nitrogen and oxygen atoms in total. The topological polar surface area (TPSA) is 105 Å². The van der Waals surface area contributed by atoms with Gasteiger partial charge in [-0.2, -0.15) is 39.5 Å². The number of carbonyl (C=O) groups is 4. The maximum Gasteiger partial charge on any atom is 0.490 e. The van der Waals surface area contributed by atoms with Crippen molar-refractivity contribution in [3.8, 4) is 0 Å². The first-order valence-corrected chi connectivity index (χ1v) is 10.9. The summed E-state index contributed by atoms with van der Waals surface area (Å²) in [6.45, 7) is 3.98. The van der Waals surface area contributed by atoms with E-state index in [4.69, 9.17) is 4.74 Å². The van der Waals surface area contributed by atoms with E-state index in [1.807, 2.05) is 0 Å². The second-order valence-electron chi connectivity index (χ2n) is 11.1. The molecule has 0 radical (unpaired) electrons. The lowest BCUT2D eigenvalue weighted by molar-refractivity contribution is -0.325. The molecule has 0 unspecified atom stereocenters. The Labute approximate surface area is 208 Å². The predicted molar refractivity (Wildman–Crippen MR) is 101 cm³/mol. The lowest BCUT2D eigenvalue weighted by Gasteiger charge is -2.66. The molecule has 216 valence electrons. The van der Waals surface area contributed by atoms with Gasteiger partial charge < -0.3 is 18.9 Å². The maximum atomic E-state index is 13.1. The van der Waals surface area contributed by atoms with Gasteiger partial charge in [-0.25, -0.2) is 14.4 Å². The van der Waals surface area contributed by atoms with E-state index in [2.05, 4.69) is 14.2 Å². The molecule has 0 N–H and O–H groups in total. The van der Waals surface area contributed by atoms with E-state index >= 15 is 0 Å². The third-order valence-electron chi connectivity index (χ3n) is 6.41. The van der Waals surface area contributed by atoms with Gasteiger partial charge in [0.05, 0.1) is 5.41 Å². The number of alkyl halides is 9. The van der Waals surface area contributed by atoms with Crippen molar-refractivity contribution in [1.29, 1.82) is 0 Å². The highest BCUT2D eigenvalue weighted by Crippen LogP contribution is 2.66. The molecular formula is C21H21F9O8. The molecule has 0 saturated heterocycles. The fourth-order valence-corrected chi connectivity index (χ4v) is 5.82. The first-order valence-electron chi connectivity index (χ1n) is 10.9. The van der Waals surface area contributed by atoms with E-state index < -0.39 is 109 Å². The molecule has 4 aliphatic carbocycles. The Bertz CT molecular complexity index is 838. The first-order chi connectivity index (χ1) is 16.8. The van der Waals surface area contributed by atoms with E-state index in [1.54, 1.807) is 0 Å². The van der Waals surface area contributed by atoms with E-state index in [0.29, 0.717) is 0 Å². The molecule has 0 spiro atoms. The molecule has 0 heterocycles. The molecule has 0 aromatic rings. The van der Waals surface area contributed by atoms with Crippen LogP contribution in [0, 0.1) is 5.41 Å². The Morgan fingerprint density at radius 1 is 0.447 bits per heavy atom. The average molecular weight is 572 g/mol. The SMILES string of the molecule is CC(C)(C)C(=O)OC12CC3(OC(=O)C(F)(F)F)CC(OC(=O)C(F)(F)F)(C1)CC(OC(=O)C(F)(F)F)(C2)C3. The summed E-state index contributed by atoms with van der Waals surface area (Å²) in [5.41, 5.74) is -11.3. The molecule has 4 aliphatic rings. The van der Waals surface area contributed by atoms with Gasteiger partial charge >= 0.3 is 42.4 Å². The lowest BCUT2D eigenvalue weighted by atomic mass is 9.48. The van der Waals surface area contributed by atoms with Crippen LogP contribution < -0.4 is 0 Å². The minimum atomic E-state index is -5.65. The van der Waals surface area contributed by atoms with Gasteiger partial charge in [0.2, 0.25) is 0 Å². The fourth-order valence-electron chi connectivity index (χ4n) is 5.82. The predicted octanol–water partition coefficient (Wildman–Crippen LogP) is 4.23. The van der Waals surface area contributed by atoms with Crippen molar-refractivity contribution < 1.29 is 77.6 Å². The minimum absolute atomic E-state index is 0.805. The Morgan fingerprint density at radius 2 is 0.632 bits per heavy atom. The highest BCUT2D eigenvalue weighted by atomic mass is 19.4. The summed E-state index contributed by atoms with van der Waals surface area (Å²) in [7, 11) is 0. The third-order valence-corrected chi connectivity index (χ3v) is 6.41. The Morgan fingerprint density at radius 3 is 0.789 bits per heavy atom. The Balaban J connectivity index is 2.18. The largest absolute Gasteiger partial charge is 0.490 e. The van der Waals surface area contributed by atoms with Crippen LogP contribution in [0.2, 0.25) is 0 Å². The van der Waals surface area contributed by atoms with Crippen LogP contribution >= 0.6 is 0 Å². The second kappa shape index (κ2) is 8.37. The zero-order valence-electron chi connectivity index (χ0n) is 19.9. The summed E-state index contributed by atoms with van der Waals surface area (Å²) in [5.74, 6) is -9.64.